The van der Waals surface area contributed by atoms with Crippen molar-refractivity contribution in [2.75, 3.05) is 10.6 Å². The number of hydrogen-bond donors (Lipinski definition) is 3. The Morgan fingerprint density at radius 1 is 1.03 bits per heavy atom. The number of carbonyl (C=O) groups excluding carboxylic acids is 1. The van der Waals surface area contributed by atoms with E-state index in [2.05, 4.69) is 15.3 Å². The molecule has 3 aromatic rings. The number of rotatable bonds is 4. The molecule has 2 aromatic heterocycles. The average molecular weight is 418 g/mol. The molecule has 3 heterocycles. The van der Waals surface area contributed by atoms with Gasteiger partial charge < -0.3 is 10.6 Å². The zero-order valence-corrected chi connectivity index (χ0v) is 15.0. The fourth-order valence-electron chi connectivity index (χ4n) is 3.27. The molecular weight excluding hydrogens is 405 g/mol. The molecule has 0 aliphatic carbocycles. The van der Waals surface area contributed by atoms with E-state index in [1.165, 1.54) is 18.5 Å². The van der Waals surface area contributed by atoms with E-state index in [4.69, 9.17) is 0 Å². The fraction of sp³-hybridized carbons (Fsp3) is 0.167. The van der Waals surface area contributed by atoms with Crippen molar-refractivity contribution in [1.82, 2.24) is 19.5 Å². The van der Waals surface area contributed by atoms with Crippen LogP contribution in [0.5, 0.6) is 0 Å². The molecule has 0 fully saturated rings. The maximum absolute atomic E-state index is 14.3. The molecule has 0 radical (unpaired) electrons. The minimum Gasteiger partial charge on any atom is -0.328 e. The average Bonchev–Trinajstić information content (AvgIpc) is 3.00. The maximum Gasteiger partial charge on any atom is 0.425 e. The number of hydrogen-bond acceptors (Lipinski definition) is 6. The number of carbonyl (C=O) groups is 1. The second kappa shape index (κ2) is 6.83. The van der Waals surface area contributed by atoms with Crippen molar-refractivity contribution in [3.63, 3.8) is 0 Å². The molecule has 30 heavy (non-hydrogen) atoms. The van der Waals surface area contributed by atoms with Crippen LogP contribution in [0.3, 0.4) is 0 Å². The Hall–Kier alpha value is -3.96. The first kappa shape index (κ1) is 19.4. The number of fused-ring (bicyclic) bond motifs is 1. The second-order valence-electron chi connectivity index (χ2n) is 6.45. The van der Waals surface area contributed by atoms with E-state index in [9.17, 15) is 27.6 Å². The van der Waals surface area contributed by atoms with E-state index in [0.29, 0.717) is 5.56 Å². The summed E-state index contributed by atoms with van der Waals surface area (Å²) in [6.45, 7) is -0.172. The minimum absolute atomic E-state index is 0.172. The van der Waals surface area contributed by atoms with Crippen LogP contribution < -0.4 is 21.9 Å². The van der Waals surface area contributed by atoms with Crippen LogP contribution in [0, 0.1) is 0 Å². The van der Waals surface area contributed by atoms with Crippen molar-refractivity contribution < 1.29 is 18.0 Å². The SMILES string of the molecule is O=C1Nc2c(c(=O)[nH]c(=O)n2Cc2ccccc2)C1(Nc1ncccn1)C(F)(F)F. The lowest BCUT2D eigenvalue weighted by Crippen LogP contribution is -2.56. The van der Waals surface area contributed by atoms with E-state index in [1.807, 2.05) is 10.3 Å². The Labute approximate surface area is 165 Å². The molecule has 0 saturated heterocycles. The summed E-state index contributed by atoms with van der Waals surface area (Å²) in [6.07, 6.45) is -2.91. The van der Waals surface area contributed by atoms with Crippen molar-refractivity contribution in [3.05, 3.63) is 80.8 Å². The van der Waals surface area contributed by atoms with Gasteiger partial charge in [0.15, 0.2) is 0 Å². The highest BCUT2D eigenvalue weighted by molar-refractivity contribution is 6.07. The highest BCUT2D eigenvalue weighted by Crippen LogP contribution is 2.46. The highest BCUT2D eigenvalue weighted by atomic mass is 19.4. The summed E-state index contributed by atoms with van der Waals surface area (Å²) in [5.41, 5.74) is -6.20. The lowest BCUT2D eigenvalue weighted by atomic mass is 9.92. The first-order chi connectivity index (χ1) is 14.2. The van der Waals surface area contributed by atoms with Crippen molar-refractivity contribution in [2.24, 2.45) is 0 Å². The van der Waals surface area contributed by atoms with Crippen LogP contribution in [0.15, 0.2) is 58.4 Å². The van der Waals surface area contributed by atoms with Crippen LogP contribution in [0.2, 0.25) is 0 Å². The Morgan fingerprint density at radius 3 is 2.33 bits per heavy atom. The van der Waals surface area contributed by atoms with Gasteiger partial charge in [0.05, 0.1) is 6.54 Å². The van der Waals surface area contributed by atoms with Gasteiger partial charge in [0.2, 0.25) is 5.95 Å². The third-order valence-electron chi connectivity index (χ3n) is 4.62. The Balaban J connectivity index is 1.95. The summed E-state index contributed by atoms with van der Waals surface area (Å²) in [6, 6.07) is 9.75. The van der Waals surface area contributed by atoms with Gasteiger partial charge in [0.25, 0.3) is 17.0 Å². The largest absolute Gasteiger partial charge is 0.425 e. The van der Waals surface area contributed by atoms with E-state index < -0.39 is 46.2 Å². The van der Waals surface area contributed by atoms with Gasteiger partial charge in [0, 0.05) is 12.4 Å². The molecule has 4 rings (SSSR count). The van der Waals surface area contributed by atoms with Gasteiger partial charge in [-0.3, -0.25) is 19.1 Å². The number of alkyl halides is 3. The van der Waals surface area contributed by atoms with Crippen molar-refractivity contribution in [3.8, 4) is 0 Å². The normalized spacial score (nSPS) is 18.0. The highest BCUT2D eigenvalue weighted by Gasteiger charge is 2.68. The predicted octanol–water partition coefficient (Wildman–Crippen LogP) is 1.20. The summed E-state index contributed by atoms with van der Waals surface area (Å²) >= 11 is 0. The number of nitrogens with zero attached hydrogens (tertiary/aromatic N) is 3. The van der Waals surface area contributed by atoms with E-state index in [0.717, 1.165) is 4.57 Å². The first-order valence-electron chi connectivity index (χ1n) is 8.59. The number of benzene rings is 1. The number of aromatic amines is 1. The molecule has 1 unspecified atom stereocenters. The van der Waals surface area contributed by atoms with Crippen LogP contribution >= 0.6 is 0 Å². The molecule has 0 bridgehead atoms. The summed E-state index contributed by atoms with van der Waals surface area (Å²) in [5.74, 6) is -2.63. The lowest BCUT2D eigenvalue weighted by molar-refractivity contribution is -0.184. The number of H-pyrrole nitrogens is 1. The summed E-state index contributed by atoms with van der Waals surface area (Å²) in [4.78, 5) is 46.7. The zero-order chi connectivity index (χ0) is 21.5. The quantitative estimate of drug-likeness (QED) is 0.585. The molecule has 1 aliphatic heterocycles. The van der Waals surface area contributed by atoms with Crippen LogP contribution in [0.1, 0.15) is 11.1 Å². The van der Waals surface area contributed by atoms with Gasteiger partial charge in [0.1, 0.15) is 11.4 Å². The molecule has 0 spiro atoms. The molecule has 0 saturated carbocycles. The molecule has 1 aromatic carbocycles. The third-order valence-corrected chi connectivity index (χ3v) is 4.62. The number of anilines is 2. The van der Waals surface area contributed by atoms with Crippen molar-refractivity contribution >= 4 is 17.7 Å². The smallest absolute Gasteiger partial charge is 0.328 e. The number of nitrogens with one attached hydrogen (secondary N) is 3. The topological polar surface area (TPSA) is 122 Å². The molecule has 12 heteroatoms. The summed E-state index contributed by atoms with van der Waals surface area (Å²) in [7, 11) is 0. The van der Waals surface area contributed by atoms with Gasteiger partial charge >= 0.3 is 11.9 Å². The van der Waals surface area contributed by atoms with Gasteiger partial charge in [-0.1, -0.05) is 30.3 Å². The van der Waals surface area contributed by atoms with Crippen LogP contribution in [0.25, 0.3) is 0 Å². The number of aromatic nitrogens is 4. The van der Waals surface area contributed by atoms with E-state index in [1.54, 1.807) is 30.3 Å². The number of amides is 1. The molecular formula is C18H13F3N6O3. The summed E-state index contributed by atoms with van der Waals surface area (Å²) in [5, 5.41) is 4.01. The molecule has 154 valence electrons. The zero-order valence-electron chi connectivity index (χ0n) is 15.0. The van der Waals surface area contributed by atoms with E-state index >= 15 is 0 Å². The monoisotopic (exact) mass is 418 g/mol. The Kier molecular flexibility index (Phi) is 4.41. The van der Waals surface area contributed by atoms with Gasteiger partial charge in [-0.15, -0.1) is 0 Å². The third kappa shape index (κ3) is 2.93. The summed E-state index contributed by atoms with van der Waals surface area (Å²) < 4.78 is 43.6. The molecule has 1 atom stereocenters. The van der Waals surface area contributed by atoms with Crippen LogP contribution in [0.4, 0.5) is 24.9 Å². The molecule has 1 aliphatic rings. The Bertz CT molecular complexity index is 1220. The predicted molar refractivity (Wildman–Crippen MR) is 98.9 cm³/mol. The molecule has 3 N–H and O–H groups in total. The van der Waals surface area contributed by atoms with Crippen LogP contribution in [-0.4, -0.2) is 31.6 Å². The Morgan fingerprint density at radius 2 is 1.70 bits per heavy atom. The van der Waals surface area contributed by atoms with Crippen molar-refractivity contribution in [2.45, 2.75) is 18.3 Å². The van der Waals surface area contributed by atoms with E-state index in [-0.39, 0.29) is 6.54 Å². The maximum atomic E-state index is 14.3. The number of halogens is 3. The van der Waals surface area contributed by atoms with Crippen molar-refractivity contribution in [1.29, 1.82) is 0 Å². The van der Waals surface area contributed by atoms with Gasteiger partial charge in [-0.2, -0.15) is 13.2 Å². The van der Waals surface area contributed by atoms with Gasteiger partial charge in [-0.05, 0) is 11.6 Å². The van der Waals surface area contributed by atoms with Gasteiger partial charge in [-0.25, -0.2) is 14.8 Å². The fourth-order valence-corrected chi connectivity index (χ4v) is 3.27. The standard InChI is InChI=1S/C18H13F3N6O3/c19-18(20,21)17(26-15-22-7-4-8-23-15)11-12(24-14(17)29)27(16(30)25-13(11)28)9-10-5-2-1-3-6-10/h1-8H,9H2,(H,24,29)(H,22,23,26)(H,25,28,30). The molecule has 1 amide bonds. The first-order valence-corrected chi connectivity index (χ1v) is 8.59. The lowest BCUT2D eigenvalue weighted by Gasteiger charge is -2.29. The minimum atomic E-state index is -5.26. The molecule has 9 nitrogen and oxygen atoms in total. The second-order valence-corrected chi connectivity index (χ2v) is 6.45. The van der Waals surface area contributed by atoms with Crippen LogP contribution in [-0.2, 0) is 16.9 Å².